The van der Waals surface area contributed by atoms with Crippen LogP contribution in [0.5, 0.6) is 0 Å². The summed E-state index contributed by atoms with van der Waals surface area (Å²) < 4.78 is 4.72. The van der Waals surface area contributed by atoms with Gasteiger partial charge < -0.3 is 14.9 Å². The van der Waals surface area contributed by atoms with Crippen LogP contribution in [0.15, 0.2) is 22.7 Å². The fourth-order valence-electron chi connectivity index (χ4n) is 3.99. The first-order valence-corrected chi connectivity index (χ1v) is 8.84. The lowest BCUT2D eigenvalue weighted by molar-refractivity contribution is -0.141. The third kappa shape index (κ3) is 4.17. The molecule has 0 fully saturated rings. The van der Waals surface area contributed by atoms with E-state index in [1.54, 1.807) is 0 Å². The Labute approximate surface area is 153 Å². The molecule has 26 heavy (non-hydrogen) atoms. The van der Waals surface area contributed by atoms with Crippen LogP contribution in [0.1, 0.15) is 59.8 Å². The molecule has 0 aromatic carbocycles. The van der Waals surface area contributed by atoms with Crippen molar-refractivity contribution in [2.45, 2.75) is 59.8 Å². The molecule has 2 aliphatic rings. The minimum atomic E-state index is -0.977. The molecule has 0 atom stereocenters. The van der Waals surface area contributed by atoms with E-state index in [0.717, 1.165) is 0 Å². The summed E-state index contributed by atoms with van der Waals surface area (Å²) in [6, 6.07) is 0. The highest BCUT2D eigenvalue weighted by Crippen LogP contribution is 2.45. The van der Waals surface area contributed by atoms with Gasteiger partial charge in [0.1, 0.15) is 11.5 Å². The van der Waals surface area contributed by atoms with Crippen molar-refractivity contribution < 1.29 is 29.3 Å². The van der Waals surface area contributed by atoms with Crippen LogP contribution in [0, 0.1) is 16.7 Å². The molecule has 0 unspecified atom stereocenters. The number of Topliss-reactive ketones (excluding diaryl/α,β-unsaturated/α-hetero) is 2. The van der Waals surface area contributed by atoms with Gasteiger partial charge in [-0.05, 0) is 10.8 Å². The van der Waals surface area contributed by atoms with Gasteiger partial charge in [0.2, 0.25) is 0 Å². The Hall–Kier alpha value is -2.11. The van der Waals surface area contributed by atoms with Gasteiger partial charge in [0, 0.05) is 42.7 Å². The van der Waals surface area contributed by atoms with Crippen molar-refractivity contribution in [2.75, 3.05) is 7.11 Å². The molecular weight excluding hydrogens is 336 g/mol. The molecule has 0 saturated carbocycles. The first kappa shape index (κ1) is 20.2. The number of carbonyl (C=O) groups excluding carboxylic acids is 3. The number of aliphatic hydroxyl groups excluding tert-OH is 2. The third-order valence-electron chi connectivity index (χ3n) is 5.09. The summed E-state index contributed by atoms with van der Waals surface area (Å²) in [6.45, 7) is 7.49. The average molecular weight is 364 g/mol. The van der Waals surface area contributed by atoms with Crippen LogP contribution in [-0.2, 0) is 19.1 Å². The highest BCUT2D eigenvalue weighted by Gasteiger charge is 2.43. The van der Waals surface area contributed by atoms with Gasteiger partial charge >= 0.3 is 5.97 Å². The maximum Gasteiger partial charge on any atom is 0.306 e. The molecule has 0 heterocycles. The number of ether oxygens (including phenoxy) is 1. The molecule has 0 amide bonds. The Morgan fingerprint density at radius 2 is 1.31 bits per heavy atom. The second kappa shape index (κ2) is 6.89. The predicted molar refractivity (Wildman–Crippen MR) is 95.5 cm³/mol. The summed E-state index contributed by atoms with van der Waals surface area (Å²) in [5.41, 5.74) is -0.668. The molecule has 6 nitrogen and oxygen atoms in total. The summed E-state index contributed by atoms with van der Waals surface area (Å²) in [6.07, 6.45) is 0.697. The minimum absolute atomic E-state index is 0.0596. The average Bonchev–Trinajstić information content (AvgIpc) is 2.42. The number of carbonyl (C=O) groups is 3. The van der Waals surface area contributed by atoms with Gasteiger partial charge in [0.05, 0.1) is 13.5 Å². The van der Waals surface area contributed by atoms with E-state index in [9.17, 15) is 24.6 Å². The second-order valence-electron chi connectivity index (χ2n) is 8.94. The van der Waals surface area contributed by atoms with Crippen molar-refractivity contribution in [1.29, 1.82) is 0 Å². The topological polar surface area (TPSA) is 101 Å². The molecule has 0 aliphatic heterocycles. The molecule has 0 aromatic heterocycles. The molecular formula is C20H28O6. The van der Waals surface area contributed by atoms with Crippen molar-refractivity contribution in [1.82, 2.24) is 0 Å². The smallest absolute Gasteiger partial charge is 0.306 e. The van der Waals surface area contributed by atoms with Gasteiger partial charge in [-0.25, -0.2) is 0 Å². The van der Waals surface area contributed by atoms with Crippen LogP contribution >= 0.6 is 0 Å². The zero-order valence-electron chi connectivity index (χ0n) is 16.1. The van der Waals surface area contributed by atoms with Crippen molar-refractivity contribution in [2.24, 2.45) is 16.7 Å². The monoisotopic (exact) mass is 364 g/mol. The molecule has 2 aliphatic carbocycles. The molecule has 0 radical (unpaired) electrons. The molecule has 6 heteroatoms. The number of ketones is 2. The van der Waals surface area contributed by atoms with E-state index in [2.05, 4.69) is 0 Å². The zero-order chi connectivity index (χ0) is 19.9. The van der Waals surface area contributed by atoms with Gasteiger partial charge in [-0.1, -0.05) is 27.7 Å². The Bertz CT molecular complexity index is 656. The van der Waals surface area contributed by atoms with Crippen LogP contribution in [0.25, 0.3) is 0 Å². The van der Waals surface area contributed by atoms with E-state index < -0.39 is 22.7 Å². The Morgan fingerprint density at radius 3 is 1.62 bits per heavy atom. The van der Waals surface area contributed by atoms with E-state index in [-0.39, 0.29) is 66.3 Å². The Morgan fingerprint density at radius 1 is 0.923 bits per heavy atom. The summed E-state index contributed by atoms with van der Waals surface area (Å²) in [7, 11) is 1.22. The normalized spacial score (nSPS) is 22.8. The fourth-order valence-corrected chi connectivity index (χ4v) is 3.99. The summed E-state index contributed by atoms with van der Waals surface area (Å²) >= 11 is 0. The van der Waals surface area contributed by atoms with Gasteiger partial charge in [-0.3, -0.25) is 14.4 Å². The molecule has 0 bridgehead atoms. The Kier molecular flexibility index (Phi) is 5.36. The summed E-state index contributed by atoms with van der Waals surface area (Å²) in [5.74, 6) is -2.41. The van der Waals surface area contributed by atoms with Crippen LogP contribution in [0.2, 0.25) is 0 Å². The van der Waals surface area contributed by atoms with Crippen LogP contribution < -0.4 is 0 Å². The van der Waals surface area contributed by atoms with E-state index >= 15 is 0 Å². The first-order chi connectivity index (χ1) is 11.9. The number of rotatable bonds is 4. The van der Waals surface area contributed by atoms with E-state index in [1.165, 1.54) is 7.11 Å². The SMILES string of the molecule is COC(=O)CC(C1=C(O)CC(C)(C)CC1=O)C1=C(O)CC(C)(C)CC1=O. The number of hydrogen-bond acceptors (Lipinski definition) is 6. The summed E-state index contributed by atoms with van der Waals surface area (Å²) in [5, 5.41) is 21.1. The van der Waals surface area contributed by atoms with Gasteiger partial charge in [0.15, 0.2) is 11.6 Å². The maximum atomic E-state index is 12.7. The highest BCUT2D eigenvalue weighted by atomic mass is 16.5. The largest absolute Gasteiger partial charge is 0.512 e. The molecule has 2 N–H and O–H groups in total. The number of aliphatic hydroxyl groups is 2. The van der Waals surface area contributed by atoms with Gasteiger partial charge in [-0.15, -0.1) is 0 Å². The van der Waals surface area contributed by atoms with E-state index in [4.69, 9.17) is 4.74 Å². The van der Waals surface area contributed by atoms with Crippen molar-refractivity contribution in [3.63, 3.8) is 0 Å². The third-order valence-corrected chi connectivity index (χ3v) is 5.09. The predicted octanol–water partition coefficient (Wildman–Crippen LogP) is 3.57. The molecule has 2 rings (SSSR count). The van der Waals surface area contributed by atoms with Gasteiger partial charge in [-0.2, -0.15) is 0 Å². The molecule has 0 saturated heterocycles. The van der Waals surface area contributed by atoms with Gasteiger partial charge in [0.25, 0.3) is 0 Å². The standard InChI is InChI=1S/C20H28O6/c1-19(2)7-12(21)17(13(22)8-19)11(6-16(25)26-5)18-14(23)9-20(3,4)10-15(18)24/h11,21,23H,6-10H2,1-5H3. The van der Waals surface area contributed by atoms with Crippen molar-refractivity contribution in [3.05, 3.63) is 22.7 Å². The Balaban J connectivity index is 2.57. The number of esters is 1. The van der Waals surface area contributed by atoms with Crippen molar-refractivity contribution >= 4 is 17.5 Å². The lowest BCUT2D eigenvalue weighted by Crippen LogP contribution is -2.35. The van der Waals surface area contributed by atoms with E-state index in [1.807, 2.05) is 27.7 Å². The van der Waals surface area contributed by atoms with Crippen LogP contribution in [-0.4, -0.2) is 34.9 Å². The quantitative estimate of drug-likeness (QED) is 0.740. The minimum Gasteiger partial charge on any atom is -0.512 e. The van der Waals surface area contributed by atoms with Crippen molar-refractivity contribution in [3.8, 4) is 0 Å². The lowest BCUT2D eigenvalue weighted by atomic mass is 9.68. The summed E-state index contributed by atoms with van der Waals surface area (Å²) in [4.78, 5) is 37.4. The first-order valence-electron chi connectivity index (χ1n) is 8.84. The fraction of sp³-hybridized carbons (Fsp3) is 0.650. The van der Waals surface area contributed by atoms with E-state index in [0.29, 0.717) is 0 Å². The lowest BCUT2D eigenvalue weighted by Gasteiger charge is -2.36. The second-order valence-corrected chi connectivity index (χ2v) is 8.94. The molecule has 144 valence electrons. The zero-order valence-corrected chi connectivity index (χ0v) is 16.1. The highest BCUT2D eigenvalue weighted by molar-refractivity contribution is 6.04. The number of methoxy groups -OCH3 is 1. The number of allylic oxidation sites excluding steroid dienone is 4. The van der Waals surface area contributed by atoms with Crippen LogP contribution in [0.3, 0.4) is 0 Å². The maximum absolute atomic E-state index is 12.7. The van der Waals surface area contributed by atoms with Crippen LogP contribution in [0.4, 0.5) is 0 Å². The number of hydrogen-bond donors (Lipinski definition) is 2. The molecule has 0 spiro atoms. The molecule has 0 aromatic rings.